The Morgan fingerprint density at radius 3 is 2.57 bits per heavy atom. The summed E-state index contributed by atoms with van der Waals surface area (Å²) in [6.45, 7) is 2.53. The van der Waals surface area contributed by atoms with Crippen molar-refractivity contribution in [1.82, 2.24) is 4.90 Å². The number of piperidine rings is 1. The van der Waals surface area contributed by atoms with Gasteiger partial charge in [-0.3, -0.25) is 9.59 Å². The van der Waals surface area contributed by atoms with Crippen LogP contribution in [0.15, 0.2) is 12.1 Å². The number of benzene rings is 1. The highest BCUT2D eigenvalue weighted by Crippen LogP contribution is 2.41. The van der Waals surface area contributed by atoms with E-state index in [0.717, 1.165) is 12.8 Å². The molecule has 0 radical (unpaired) electrons. The highest BCUT2D eigenvalue weighted by molar-refractivity contribution is 5.95. The zero-order valence-corrected chi connectivity index (χ0v) is 15.9. The van der Waals surface area contributed by atoms with Gasteiger partial charge in [-0.1, -0.05) is 0 Å². The van der Waals surface area contributed by atoms with Gasteiger partial charge >= 0.3 is 5.97 Å². The number of ether oxygens (including phenoxy) is 4. The molecule has 0 aromatic heterocycles. The standard InChI is InChI=1S/C20H25NO7/c1-25-15-10-13(11-16-18(15)28-9-8-26-16)19(22)21-5-2-12(3-6-21)17-14(20(23)24)4-7-27-17/h10-12,14,17H,2-9H2,1H3,(H,23,24)/t14?,17-/m0/s1. The van der Waals surface area contributed by atoms with Gasteiger partial charge in [0, 0.05) is 25.3 Å². The molecule has 3 aliphatic rings. The molecule has 0 bridgehead atoms. The lowest BCUT2D eigenvalue weighted by Gasteiger charge is -2.35. The summed E-state index contributed by atoms with van der Waals surface area (Å²) in [5, 5.41) is 9.37. The molecule has 2 atom stereocenters. The number of hydrogen-bond donors (Lipinski definition) is 1. The van der Waals surface area contributed by atoms with Crippen LogP contribution in [0.2, 0.25) is 0 Å². The lowest BCUT2D eigenvalue weighted by atomic mass is 9.84. The number of methoxy groups -OCH3 is 1. The number of rotatable bonds is 4. The normalized spacial score (nSPS) is 24.8. The number of likely N-dealkylation sites (tertiary alicyclic amines) is 1. The van der Waals surface area contributed by atoms with Gasteiger partial charge in [-0.15, -0.1) is 0 Å². The van der Waals surface area contributed by atoms with Gasteiger partial charge in [0.25, 0.3) is 5.91 Å². The molecule has 1 amide bonds. The fraction of sp³-hybridized carbons (Fsp3) is 0.600. The van der Waals surface area contributed by atoms with E-state index in [9.17, 15) is 14.7 Å². The second kappa shape index (κ2) is 7.87. The van der Waals surface area contributed by atoms with E-state index < -0.39 is 11.9 Å². The first-order chi connectivity index (χ1) is 13.6. The van der Waals surface area contributed by atoms with E-state index >= 15 is 0 Å². The number of carboxylic acid groups (broad SMARTS) is 1. The Kier molecular flexibility index (Phi) is 5.30. The fourth-order valence-electron chi connectivity index (χ4n) is 4.35. The van der Waals surface area contributed by atoms with Crippen molar-refractivity contribution in [3.63, 3.8) is 0 Å². The average Bonchev–Trinajstić information content (AvgIpc) is 3.23. The molecule has 1 aromatic rings. The predicted octanol–water partition coefficient (Wildman–Crippen LogP) is 1.81. The van der Waals surface area contributed by atoms with Crippen molar-refractivity contribution in [2.75, 3.05) is 40.0 Å². The molecule has 152 valence electrons. The maximum absolute atomic E-state index is 13.0. The van der Waals surface area contributed by atoms with E-state index in [-0.39, 0.29) is 17.9 Å². The zero-order chi connectivity index (χ0) is 19.7. The topological polar surface area (TPSA) is 94.5 Å². The summed E-state index contributed by atoms with van der Waals surface area (Å²) < 4.78 is 22.3. The molecule has 28 heavy (non-hydrogen) atoms. The number of nitrogens with zero attached hydrogens (tertiary/aromatic N) is 1. The summed E-state index contributed by atoms with van der Waals surface area (Å²) >= 11 is 0. The maximum atomic E-state index is 13.0. The smallest absolute Gasteiger partial charge is 0.309 e. The molecule has 0 spiro atoms. The Labute approximate surface area is 163 Å². The SMILES string of the molecule is COc1cc(C(=O)N2CCC([C@@H]3OCCC3C(=O)O)CC2)cc2c1OCCO2. The van der Waals surface area contributed by atoms with E-state index in [1.54, 1.807) is 17.0 Å². The fourth-order valence-corrected chi connectivity index (χ4v) is 4.35. The predicted molar refractivity (Wildman–Crippen MR) is 98.1 cm³/mol. The third kappa shape index (κ3) is 3.48. The summed E-state index contributed by atoms with van der Waals surface area (Å²) in [6.07, 6.45) is 1.80. The van der Waals surface area contributed by atoms with Crippen molar-refractivity contribution in [3.8, 4) is 17.2 Å². The Morgan fingerprint density at radius 2 is 1.86 bits per heavy atom. The molecule has 0 saturated carbocycles. The Balaban J connectivity index is 1.44. The minimum Gasteiger partial charge on any atom is -0.493 e. The van der Waals surface area contributed by atoms with E-state index in [1.165, 1.54) is 7.11 Å². The van der Waals surface area contributed by atoms with Gasteiger partial charge in [0.2, 0.25) is 5.75 Å². The van der Waals surface area contributed by atoms with Crippen LogP contribution in [0.4, 0.5) is 0 Å². The number of carboxylic acids is 1. The molecular formula is C20H25NO7. The van der Waals surface area contributed by atoms with Crippen LogP contribution in [0.3, 0.4) is 0 Å². The second-order valence-electron chi connectivity index (χ2n) is 7.40. The van der Waals surface area contributed by atoms with Gasteiger partial charge in [-0.25, -0.2) is 0 Å². The van der Waals surface area contributed by atoms with Gasteiger partial charge in [0.15, 0.2) is 11.5 Å². The lowest BCUT2D eigenvalue weighted by Crippen LogP contribution is -2.43. The van der Waals surface area contributed by atoms with Crippen molar-refractivity contribution in [2.24, 2.45) is 11.8 Å². The molecule has 1 unspecified atom stereocenters. The Bertz CT molecular complexity index is 740. The molecule has 8 nitrogen and oxygen atoms in total. The molecule has 0 aliphatic carbocycles. The number of carbonyl (C=O) groups excluding carboxylic acids is 1. The average molecular weight is 391 g/mol. The number of aliphatic carboxylic acids is 1. The van der Waals surface area contributed by atoms with Crippen molar-refractivity contribution >= 4 is 11.9 Å². The monoisotopic (exact) mass is 391 g/mol. The summed E-state index contributed by atoms with van der Waals surface area (Å²) in [6, 6.07) is 3.38. The summed E-state index contributed by atoms with van der Waals surface area (Å²) in [5.41, 5.74) is 0.500. The van der Waals surface area contributed by atoms with E-state index in [4.69, 9.17) is 18.9 Å². The molecule has 3 heterocycles. The zero-order valence-electron chi connectivity index (χ0n) is 15.9. The van der Waals surface area contributed by atoms with Crippen molar-refractivity contribution in [2.45, 2.75) is 25.4 Å². The van der Waals surface area contributed by atoms with Crippen LogP contribution in [-0.2, 0) is 9.53 Å². The largest absolute Gasteiger partial charge is 0.493 e. The van der Waals surface area contributed by atoms with Crippen molar-refractivity contribution in [1.29, 1.82) is 0 Å². The van der Waals surface area contributed by atoms with E-state index in [1.807, 2.05) is 0 Å². The third-order valence-electron chi connectivity index (χ3n) is 5.82. The van der Waals surface area contributed by atoms with Crippen LogP contribution < -0.4 is 14.2 Å². The van der Waals surface area contributed by atoms with Crippen LogP contribution >= 0.6 is 0 Å². The van der Waals surface area contributed by atoms with Crippen molar-refractivity contribution in [3.05, 3.63) is 17.7 Å². The first kappa shape index (κ1) is 18.9. The molecule has 8 heteroatoms. The quantitative estimate of drug-likeness (QED) is 0.836. The second-order valence-corrected chi connectivity index (χ2v) is 7.40. The molecule has 1 N–H and O–H groups in total. The van der Waals surface area contributed by atoms with Crippen LogP contribution in [0.1, 0.15) is 29.6 Å². The summed E-state index contributed by atoms with van der Waals surface area (Å²) in [4.78, 5) is 26.2. The first-order valence-corrected chi connectivity index (χ1v) is 9.70. The summed E-state index contributed by atoms with van der Waals surface area (Å²) in [5.74, 6) is 0.394. The molecule has 1 aromatic carbocycles. The van der Waals surface area contributed by atoms with Crippen LogP contribution in [0, 0.1) is 11.8 Å². The molecule has 2 saturated heterocycles. The van der Waals surface area contributed by atoms with Gasteiger partial charge < -0.3 is 29.0 Å². The maximum Gasteiger partial charge on any atom is 0.309 e. The number of hydrogen-bond acceptors (Lipinski definition) is 6. The minimum absolute atomic E-state index is 0.0872. The van der Waals surface area contributed by atoms with Gasteiger partial charge in [-0.2, -0.15) is 0 Å². The highest BCUT2D eigenvalue weighted by atomic mass is 16.6. The van der Waals surface area contributed by atoms with Gasteiger partial charge in [0.05, 0.1) is 19.1 Å². The highest BCUT2D eigenvalue weighted by Gasteiger charge is 2.41. The molecule has 2 fully saturated rings. The Hall–Kier alpha value is -2.48. The third-order valence-corrected chi connectivity index (χ3v) is 5.82. The molecular weight excluding hydrogens is 366 g/mol. The minimum atomic E-state index is -0.788. The van der Waals surface area contributed by atoms with Crippen LogP contribution in [0.25, 0.3) is 0 Å². The van der Waals surface area contributed by atoms with Gasteiger partial charge in [0.1, 0.15) is 13.2 Å². The Morgan fingerprint density at radius 1 is 1.11 bits per heavy atom. The number of carbonyl (C=O) groups is 2. The summed E-state index contributed by atoms with van der Waals surface area (Å²) in [7, 11) is 1.54. The number of fused-ring (bicyclic) bond motifs is 1. The van der Waals surface area contributed by atoms with Gasteiger partial charge in [-0.05, 0) is 37.3 Å². The van der Waals surface area contributed by atoms with E-state index in [2.05, 4.69) is 0 Å². The molecule has 3 aliphatic heterocycles. The van der Waals surface area contributed by atoms with Crippen molar-refractivity contribution < 1.29 is 33.6 Å². The van der Waals surface area contributed by atoms with E-state index in [0.29, 0.717) is 62.1 Å². The van der Waals surface area contributed by atoms with Crippen LogP contribution in [0.5, 0.6) is 17.2 Å². The first-order valence-electron chi connectivity index (χ1n) is 9.70. The van der Waals surface area contributed by atoms with Crippen LogP contribution in [-0.4, -0.2) is 68.0 Å². The number of amides is 1. The lowest BCUT2D eigenvalue weighted by molar-refractivity contribution is -0.145. The molecule has 4 rings (SSSR count).